The summed E-state index contributed by atoms with van der Waals surface area (Å²) in [6.45, 7) is 4.56. The van der Waals surface area contributed by atoms with Gasteiger partial charge in [-0.2, -0.15) is 0 Å². The molecule has 4 aromatic rings. The van der Waals surface area contributed by atoms with Crippen molar-refractivity contribution in [1.29, 1.82) is 0 Å². The number of hydrogen-bond acceptors (Lipinski definition) is 5. The molecule has 32 heavy (non-hydrogen) atoms. The molecule has 0 aliphatic heterocycles. The molecule has 0 fully saturated rings. The van der Waals surface area contributed by atoms with Gasteiger partial charge in [0.15, 0.2) is 22.2 Å². The van der Waals surface area contributed by atoms with Gasteiger partial charge in [-0.1, -0.05) is 45.8 Å². The number of hydrogen-bond donors (Lipinski definition) is 0. The van der Waals surface area contributed by atoms with Gasteiger partial charge >= 0.3 is 21.8 Å². The van der Waals surface area contributed by atoms with E-state index in [1.807, 2.05) is 74.5 Å². The Balaban J connectivity index is 1.89. The average molecular weight is 455 g/mol. The summed E-state index contributed by atoms with van der Waals surface area (Å²) in [4.78, 5) is 0. The van der Waals surface area contributed by atoms with Crippen LogP contribution in [0.1, 0.15) is 13.8 Å². The van der Waals surface area contributed by atoms with Gasteiger partial charge in [0.25, 0.3) is 0 Å². The molecule has 0 saturated heterocycles. The molecule has 0 N–H and O–H groups in total. The van der Waals surface area contributed by atoms with Gasteiger partial charge in [-0.3, -0.25) is 0 Å². The first-order valence-electron chi connectivity index (χ1n) is 10.3. The van der Waals surface area contributed by atoms with Gasteiger partial charge in [-0.15, -0.1) is 9.36 Å². The fourth-order valence-corrected chi connectivity index (χ4v) is 4.72. The Hall–Kier alpha value is -3.53. The third-order valence-electron chi connectivity index (χ3n) is 4.70. The van der Waals surface area contributed by atoms with E-state index in [-0.39, 0.29) is 0 Å². The largest absolute Gasteiger partial charge is 0.457 e. The molecule has 0 spiro atoms. The summed E-state index contributed by atoms with van der Waals surface area (Å²) < 4.78 is 32.3. The SMILES string of the molecule is CCOc1c(S(=O)c2c(OCC)n(-c3ccccc3)n[n+]2C)[n+](C)nn1-c1ccccc1. The summed E-state index contributed by atoms with van der Waals surface area (Å²) in [7, 11) is 1.80. The topological polar surface area (TPSA) is 78.9 Å². The monoisotopic (exact) mass is 454 g/mol. The van der Waals surface area contributed by atoms with E-state index in [1.54, 1.807) is 32.8 Å². The van der Waals surface area contributed by atoms with Crippen molar-refractivity contribution < 1.29 is 23.0 Å². The number of rotatable bonds is 8. The molecule has 2 aromatic heterocycles. The molecule has 9 nitrogen and oxygen atoms in total. The van der Waals surface area contributed by atoms with Crippen molar-refractivity contribution in [1.82, 2.24) is 19.8 Å². The lowest BCUT2D eigenvalue weighted by Gasteiger charge is -2.03. The molecule has 0 aliphatic rings. The summed E-state index contributed by atoms with van der Waals surface area (Å²) in [5.74, 6) is 0.823. The molecule has 2 heterocycles. The predicted molar refractivity (Wildman–Crippen MR) is 116 cm³/mol. The molecule has 0 unspecified atom stereocenters. The van der Waals surface area contributed by atoms with Gasteiger partial charge in [0, 0.05) is 0 Å². The first-order valence-corrected chi connectivity index (χ1v) is 11.5. The lowest BCUT2D eigenvalue weighted by Crippen LogP contribution is -2.40. The van der Waals surface area contributed by atoms with Gasteiger partial charge < -0.3 is 9.47 Å². The number of benzene rings is 2. The van der Waals surface area contributed by atoms with E-state index in [9.17, 15) is 4.21 Å². The number of aryl methyl sites for hydroxylation is 2. The molecule has 2 aromatic carbocycles. The zero-order valence-electron chi connectivity index (χ0n) is 18.5. The van der Waals surface area contributed by atoms with Crippen LogP contribution in [0.4, 0.5) is 0 Å². The number of ether oxygens (including phenoxy) is 2. The fraction of sp³-hybridized carbons (Fsp3) is 0.273. The molecule has 4 rings (SSSR count). The zero-order valence-corrected chi connectivity index (χ0v) is 19.3. The zero-order chi connectivity index (χ0) is 22.7. The smallest absolute Gasteiger partial charge is 0.371 e. The van der Waals surface area contributed by atoms with E-state index >= 15 is 0 Å². The van der Waals surface area contributed by atoms with Gasteiger partial charge in [-0.05, 0) is 38.1 Å². The standard InChI is InChI=1S/C22H26N6O3S/c1-5-30-19-21(25(3)23-27(19)17-13-9-7-10-14-17)32(29)22-20(31-6-2)28(24-26(22)4)18-15-11-8-12-16-18/h7-16H,5-6H2,1-4H3/q+2. The first-order chi connectivity index (χ1) is 15.6. The van der Waals surface area contributed by atoms with E-state index in [1.165, 1.54) is 0 Å². The molecule has 166 valence electrons. The Bertz CT molecular complexity index is 1140. The second-order valence-electron chi connectivity index (χ2n) is 6.88. The van der Waals surface area contributed by atoms with E-state index in [0.717, 1.165) is 11.4 Å². The van der Waals surface area contributed by atoms with Crippen molar-refractivity contribution >= 4 is 10.8 Å². The Kier molecular flexibility index (Phi) is 6.31. The fourth-order valence-electron chi connectivity index (χ4n) is 3.37. The van der Waals surface area contributed by atoms with Crippen LogP contribution >= 0.6 is 0 Å². The number of nitrogens with zero attached hydrogens (tertiary/aromatic N) is 6. The predicted octanol–water partition coefficient (Wildman–Crippen LogP) is 1.67. The molecule has 0 atom stereocenters. The maximum atomic E-state index is 14.0. The minimum Gasteiger partial charge on any atom is -0.457 e. The van der Waals surface area contributed by atoms with Crippen LogP contribution in [0.15, 0.2) is 70.7 Å². The van der Waals surface area contributed by atoms with Crippen LogP contribution in [0, 0.1) is 0 Å². The quantitative estimate of drug-likeness (QED) is 0.379. The normalized spacial score (nSPS) is 11.2. The Morgan fingerprint density at radius 3 is 1.47 bits per heavy atom. The molecule has 0 amide bonds. The highest BCUT2D eigenvalue weighted by molar-refractivity contribution is 7.84. The summed E-state index contributed by atoms with van der Waals surface area (Å²) >= 11 is 0. The molecule has 10 heteroatoms. The van der Waals surface area contributed by atoms with Crippen molar-refractivity contribution in [2.24, 2.45) is 14.1 Å². The minimum atomic E-state index is -1.69. The maximum absolute atomic E-state index is 14.0. The summed E-state index contributed by atoms with van der Waals surface area (Å²) in [6.07, 6.45) is 0. The first kappa shape index (κ1) is 21.7. The summed E-state index contributed by atoms with van der Waals surface area (Å²) in [5.41, 5.74) is 1.62. The van der Waals surface area contributed by atoms with Crippen molar-refractivity contribution in [3.63, 3.8) is 0 Å². The second kappa shape index (κ2) is 9.31. The van der Waals surface area contributed by atoms with Crippen LogP contribution in [0.25, 0.3) is 11.4 Å². The van der Waals surface area contributed by atoms with Crippen LogP contribution < -0.4 is 18.8 Å². The van der Waals surface area contributed by atoms with Crippen molar-refractivity contribution in [2.75, 3.05) is 13.2 Å². The lowest BCUT2D eigenvalue weighted by molar-refractivity contribution is -0.772. The van der Waals surface area contributed by atoms with Crippen LogP contribution in [0.3, 0.4) is 0 Å². The van der Waals surface area contributed by atoms with Crippen molar-refractivity contribution in [3.8, 4) is 23.1 Å². The Morgan fingerprint density at radius 2 is 1.12 bits per heavy atom. The van der Waals surface area contributed by atoms with Crippen LogP contribution in [0.2, 0.25) is 0 Å². The number of para-hydroxylation sites is 2. The van der Waals surface area contributed by atoms with Gasteiger partial charge in [0.05, 0.1) is 13.2 Å². The van der Waals surface area contributed by atoms with Crippen LogP contribution in [-0.2, 0) is 24.9 Å². The van der Waals surface area contributed by atoms with Crippen LogP contribution in [-0.4, -0.2) is 37.2 Å². The highest BCUT2D eigenvalue weighted by atomic mass is 32.2. The third kappa shape index (κ3) is 3.89. The number of aromatic nitrogens is 6. The Labute approximate surface area is 188 Å². The molecule has 0 radical (unpaired) electrons. The van der Waals surface area contributed by atoms with Gasteiger partial charge in [-0.25, -0.2) is 4.21 Å². The summed E-state index contributed by atoms with van der Waals surface area (Å²) in [6, 6.07) is 19.2. The minimum absolute atomic E-state index is 0.399. The average Bonchev–Trinajstić information content (AvgIpc) is 3.31. The van der Waals surface area contributed by atoms with E-state index in [0.29, 0.717) is 35.0 Å². The van der Waals surface area contributed by atoms with Crippen molar-refractivity contribution in [3.05, 3.63) is 60.7 Å². The molecule has 0 saturated carbocycles. The van der Waals surface area contributed by atoms with E-state index < -0.39 is 10.8 Å². The summed E-state index contributed by atoms with van der Waals surface area (Å²) in [5, 5.41) is 9.94. The van der Waals surface area contributed by atoms with Gasteiger partial charge in [0.1, 0.15) is 24.5 Å². The molecule has 0 bridgehead atoms. The van der Waals surface area contributed by atoms with Crippen molar-refractivity contribution in [2.45, 2.75) is 23.9 Å². The van der Waals surface area contributed by atoms with Crippen LogP contribution in [0.5, 0.6) is 11.8 Å². The third-order valence-corrected chi connectivity index (χ3v) is 6.28. The molecular formula is C22H26N6O3S+2. The Morgan fingerprint density at radius 1 is 0.750 bits per heavy atom. The second-order valence-corrected chi connectivity index (χ2v) is 8.19. The molecular weight excluding hydrogens is 428 g/mol. The van der Waals surface area contributed by atoms with Gasteiger partial charge in [0.2, 0.25) is 0 Å². The molecule has 0 aliphatic carbocycles. The highest BCUT2D eigenvalue weighted by Gasteiger charge is 2.40. The van der Waals surface area contributed by atoms with E-state index in [4.69, 9.17) is 9.47 Å². The van der Waals surface area contributed by atoms with E-state index in [2.05, 4.69) is 10.4 Å². The maximum Gasteiger partial charge on any atom is 0.371 e. The lowest BCUT2D eigenvalue weighted by atomic mass is 10.3. The highest BCUT2D eigenvalue weighted by Crippen LogP contribution is 2.30.